The number of fused-ring (bicyclic) bond motifs is 7. The number of para-hydroxylation sites is 2. The van der Waals surface area contributed by atoms with Crippen LogP contribution in [0.5, 0.6) is 0 Å². The minimum absolute atomic E-state index is 1.09. The normalized spacial score (nSPS) is 11.5. The zero-order valence-electron chi connectivity index (χ0n) is 34.0. The van der Waals surface area contributed by atoms with Crippen LogP contribution in [0.1, 0.15) is 0 Å². The van der Waals surface area contributed by atoms with Crippen LogP contribution in [-0.2, 0) is 0 Å². The molecule has 0 aliphatic carbocycles. The van der Waals surface area contributed by atoms with Crippen LogP contribution >= 0.6 is 0 Å². The Morgan fingerprint density at radius 1 is 0.274 bits per heavy atom. The summed E-state index contributed by atoms with van der Waals surface area (Å²) in [6.45, 7) is 0. The third-order valence-corrected chi connectivity index (χ3v) is 12.6. The highest BCUT2D eigenvalue weighted by atomic mass is 15.1. The van der Waals surface area contributed by atoms with Gasteiger partial charge in [-0.2, -0.15) is 0 Å². The first-order valence-electron chi connectivity index (χ1n) is 21.3. The Labute approximate surface area is 360 Å². The zero-order valence-corrected chi connectivity index (χ0v) is 34.0. The lowest BCUT2D eigenvalue weighted by Gasteiger charge is -2.27. The van der Waals surface area contributed by atoms with Crippen LogP contribution in [0, 0.1) is 0 Å². The molecule has 0 saturated heterocycles. The molecular weight excluding hydrogens is 749 g/mol. The van der Waals surface area contributed by atoms with E-state index in [0.717, 1.165) is 22.7 Å². The van der Waals surface area contributed by atoms with Gasteiger partial charge in [-0.3, -0.25) is 0 Å². The van der Waals surface area contributed by atoms with Gasteiger partial charge >= 0.3 is 0 Å². The first-order chi connectivity index (χ1) is 30.8. The topological polar surface area (TPSA) is 8.17 Å². The molecule has 0 aliphatic heterocycles. The van der Waals surface area contributed by atoms with Crippen LogP contribution in [0.3, 0.4) is 0 Å². The van der Waals surface area contributed by atoms with Gasteiger partial charge in [-0.05, 0) is 115 Å². The average molecular weight is 789 g/mol. The van der Waals surface area contributed by atoms with Gasteiger partial charge in [-0.1, -0.05) is 188 Å². The highest BCUT2D eigenvalue weighted by molar-refractivity contribution is 6.23. The van der Waals surface area contributed by atoms with Gasteiger partial charge in [0.1, 0.15) is 0 Å². The second-order valence-electron chi connectivity index (χ2n) is 16.1. The molecule has 12 rings (SSSR count). The summed E-state index contributed by atoms with van der Waals surface area (Å²) in [6.07, 6.45) is 0. The molecule has 0 N–H and O–H groups in total. The fourth-order valence-corrected chi connectivity index (χ4v) is 9.78. The lowest BCUT2D eigenvalue weighted by atomic mass is 9.91. The van der Waals surface area contributed by atoms with Crippen LogP contribution in [0.4, 0.5) is 17.1 Å². The van der Waals surface area contributed by atoms with E-state index in [9.17, 15) is 0 Å². The van der Waals surface area contributed by atoms with Crippen molar-refractivity contribution in [3.63, 3.8) is 0 Å². The van der Waals surface area contributed by atoms with E-state index in [1.807, 2.05) is 0 Å². The summed E-state index contributed by atoms with van der Waals surface area (Å²) < 4.78 is 2.40. The van der Waals surface area contributed by atoms with E-state index in [0.29, 0.717) is 0 Å². The summed E-state index contributed by atoms with van der Waals surface area (Å²) in [4.78, 5) is 2.43. The van der Waals surface area contributed by atoms with Gasteiger partial charge in [0, 0.05) is 33.2 Å². The van der Waals surface area contributed by atoms with Gasteiger partial charge in [0.15, 0.2) is 0 Å². The van der Waals surface area contributed by atoms with Gasteiger partial charge in [-0.15, -0.1) is 0 Å². The van der Waals surface area contributed by atoms with E-state index in [4.69, 9.17) is 0 Å². The van der Waals surface area contributed by atoms with E-state index >= 15 is 0 Å². The maximum atomic E-state index is 2.43. The smallest absolute Gasteiger partial charge is 0.0547 e. The Morgan fingerprint density at radius 2 is 0.790 bits per heavy atom. The molecule has 0 saturated carbocycles. The Kier molecular flexibility index (Phi) is 8.53. The largest absolute Gasteiger partial charge is 0.310 e. The molecule has 0 unspecified atom stereocenters. The third kappa shape index (κ3) is 5.88. The number of anilines is 3. The Hall–Kier alpha value is -8.20. The minimum Gasteiger partial charge on any atom is -0.310 e. The van der Waals surface area contributed by atoms with Crippen molar-refractivity contribution in [2.45, 2.75) is 0 Å². The molecule has 0 amide bonds. The summed E-state index contributed by atoms with van der Waals surface area (Å²) in [6, 6.07) is 88.4. The lowest BCUT2D eigenvalue weighted by Crippen LogP contribution is -2.10. The summed E-state index contributed by atoms with van der Waals surface area (Å²) in [5.41, 5.74) is 14.2. The van der Waals surface area contributed by atoms with Gasteiger partial charge in [-0.25, -0.2) is 0 Å². The van der Waals surface area contributed by atoms with Crippen LogP contribution in [0.15, 0.2) is 243 Å². The van der Waals surface area contributed by atoms with E-state index in [-0.39, 0.29) is 0 Å². The van der Waals surface area contributed by atoms with Crippen LogP contribution in [0.25, 0.3) is 93.2 Å². The molecule has 0 fully saturated rings. The molecule has 0 bridgehead atoms. The second-order valence-corrected chi connectivity index (χ2v) is 16.1. The van der Waals surface area contributed by atoms with Crippen molar-refractivity contribution >= 4 is 71.2 Å². The fraction of sp³-hybridized carbons (Fsp3) is 0. The molecule has 0 radical (unpaired) electrons. The Morgan fingerprint density at radius 3 is 1.50 bits per heavy atom. The molecule has 12 aromatic rings. The van der Waals surface area contributed by atoms with Crippen molar-refractivity contribution < 1.29 is 0 Å². The monoisotopic (exact) mass is 788 g/mol. The molecule has 0 aliphatic rings. The summed E-state index contributed by atoms with van der Waals surface area (Å²) >= 11 is 0. The van der Waals surface area contributed by atoms with Gasteiger partial charge in [0.05, 0.1) is 16.7 Å². The quantitative estimate of drug-likeness (QED) is 0.156. The van der Waals surface area contributed by atoms with Crippen molar-refractivity contribution in [3.05, 3.63) is 243 Å². The molecule has 2 nitrogen and oxygen atoms in total. The number of nitrogens with zero attached hydrogens (tertiary/aromatic N) is 2. The number of hydrogen-bond donors (Lipinski definition) is 0. The summed E-state index contributed by atoms with van der Waals surface area (Å²) in [7, 11) is 0. The first kappa shape index (κ1) is 35.7. The standard InChI is InChI=1S/C60H40N2/c1-3-15-42(16-4-1)51-26-12-19-45-20-13-27-52(59(45)51)44-33-37-48(38-34-44)61(47-35-31-43(32-36-47)50-25-11-18-41-17-7-8-23-49(41)50)56-30-14-28-54-53(56)39-40-58-60(54)55-24-9-10-29-57(55)62(58)46-21-5-2-6-22-46/h1-40H. The van der Waals surface area contributed by atoms with Crippen molar-refractivity contribution in [3.8, 4) is 39.1 Å². The molecule has 1 aromatic heterocycles. The van der Waals surface area contributed by atoms with Crippen molar-refractivity contribution in [2.75, 3.05) is 4.90 Å². The van der Waals surface area contributed by atoms with Gasteiger partial charge in [0.25, 0.3) is 0 Å². The van der Waals surface area contributed by atoms with Crippen molar-refractivity contribution in [1.29, 1.82) is 0 Å². The van der Waals surface area contributed by atoms with Gasteiger partial charge < -0.3 is 9.47 Å². The highest BCUT2D eigenvalue weighted by Gasteiger charge is 2.20. The van der Waals surface area contributed by atoms with E-state index < -0.39 is 0 Å². The third-order valence-electron chi connectivity index (χ3n) is 12.6. The van der Waals surface area contributed by atoms with Crippen LogP contribution in [-0.4, -0.2) is 4.57 Å². The molecule has 2 heteroatoms. The summed E-state index contributed by atoms with van der Waals surface area (Å²) in [5.74, 6) is 0. The van der Waals surface area contributed by atoms with E-state index in [1.165, 1.54) is 87.5 Å². The maximum Gasteiger partial charge on any atom is 0.0547 e. The van der Waals surface area contributed by atoms with E-state index in [1.54, 1.807) is 0 Å². The molecule has 0 spiro atoms. The molecule has 0 atom stereocenters. The average Bonchev–Trinajstić information content (AvgIpc) is 3.69. The maximum absolute atomic E-state index is 2.43. The Balaban J connectivity index is 1.05. The highest BCUT2D eigenvalue weighted by Crippen LogP contribution is 2.45. The lowest BCUT2D eigenvalue weighted by molar-refractivity contribution is 1.18. The minimum atomic E-state index is 1.09. The number of hydrogen-bond acceptors (Lipinski definition) is 1. The molecular formula is C60H40N2. The molecule has 290 valence electrons. The number of aromatic nitrogens is 1. The van der Waals surface area contributed by atoms with Crippen molar-refractivity contribution in [1.82, 2.24) is 4.57 Å². The SMILES string of the molecule is c1ccc(-c2cccc3cccc(-c4ccc(N(c5ccc(-c6cccc7ccccc67)cc5)c5cccc6c5ccc5c6c6ccccc6n5-c5ccccc5)cc4)c23)cc1. The van der Waals surface area contributed by atoms with E-state index in [2.05, 4.69) is 252 Å². The second kappa shape index (κ2) is 14.8. The Bertz CT molecular complexity index is 3590. The number of benzene rings is 11. The zero-order chi connectivity index (χ0) is 41.0. The molecule has 11 aromatic carbocycles. The predicted octanol–water partition coefficient (Wildman–Crippen LogP) is 16.7. The first-order valence-corrected chi connectivity index (χ1v) is 21.3. The summed E-state index contributed by atoms with van der Waals surface area (Å²) in [5, 5.41) is 9.92. The van der Waals surface area contributed by atoms with Crippen LogP contribution in [0.2, 0.25) is 0 Å². The number of rotatable bonds is 7. The van der Waals surface area contributed by atoms with Crippen molar-refractivity contribution in [2.24, 2.45) is 0 Å². The molecule has 62 heavy (non-hydrogen) atoms. The fourth-order valence-electron chi connectivity index (χ4n) is 9.78. The molecule has 1 heterocycles. The van der Waals surface area contributed by atoms with Crippen LogP contribution < -0.4 is 4.90 Å². The predicted molar refractivity (Wildman–Crippen MR) is 264 cm³/mol. The van der Waals surface area contributed by atoms with Gasteiger partial charge in [0.2, 0.25) is 0 Å².